The number of hydrogen-bond acceptors (Lipinski definition) is 5. The Morgan fingerprint density at radius 3 is 2.37 bits per heavy atom. The van der Waals surface area contributed by atoms with Crippen molar-refractivity contribution < 1.29 is 70.8 Å². The number of carbonyl (C=O) groups excluding carboxylic acids is 2. The van der Waals surface area contributed by atoms with Gasteiger partial charge in [-0.25, -0.2) is 4.79 Å². The Balaban J connectivity index is 0.00000324. The fourth-order valence-corrected chi connectivity index (χ4v) is 1.43. The molecule has 0 aliphatic heterocycles. The number of ether oxygens (including phenoxy) is 1. The summed E-state index contributed by atoms with van der Waals surface area (Å²) >= 11 is 0. The maximum atomic E-state index is 11.1. The molecule has 0 aliphatic rings. The van der Waals surface area contributed by atoms with E-state index in [2.05, 4.69) is 10.1 Å². The topological polar surface area (TPSA) is 78.5 Å². The normalized spacial score (nSPS) is 12.0. The van der Waals surface area contributed by atoms with Gasteiger partial charge in [-0.15, -0.1) is 0 Å². The fourth-order valence-electron chi connectivity index (χ4n) is 1.43. The molecule has 1 aromatic carbocycles. The van der Waals surface area contributed by atoms with Crippen LogP contribution in [0.25, 0.3) is 0 Å². The van der Waals surface area contributed by atoms with Gasteiger partial charge in [0.2, 0.25) is 0 Å². The number of methoxy groups -OCH3 is 1. The minimum Gasteiger partial charge on any atom is -0.548 e. The monoisotopic (exact) mass is 287 g/mol. The summed E-state index contributed by atoms with van der Waals surface area (Å²) in [5.41, 5.74) is 0.940. The molecule has 0 fully saturated rings. The smallest absolute Gasteiger partial charge is 0.548 e. The number of carboxylic acids is 1. The molecule has 1 rings (SSSR count). The van der Waals surface area contributed by atoms with Gasteiger partial charge in [-0.1, -0.05) is 30.3 Å². The third-order valence-corrected chi connectivity index (χ3v) is 2.28. The molecule has 0 radical (unpaired) electrons. The SMILES string of the molecule is COC(=O)C=C(C)NC(C(=O)[O-])c1ccccc1.[K+]. The van der Waals surface area contributed by atoms with Gasteiger partial charge in [-0.05, 0) is 12.5 Å². The second-order valence-electron chi connectivity index (χ2n) is 3.66. The molecule has 0 bridgehead atoms. The van der Waals surface area contributed by atoms with Crippen LogP contribution in [0.3, 0.4) is 0 Å². The van der Waals surface area contributed by atoms with Gasteiger partial charge in [-0.2, -0.15) is 0 Å². The summed E-state index contributed by atoms with van der Waals surface area (Å²) in [6.45, 7) is 1.58. The third kappa shape index (κ3) is 6.35. The van der Waals surface area contributed by atoms with Crippen LogP contribution >= 0.6 is 0 Å². The van der Waals surface area contributed by atoms with E-state index in [0.29, 0.717) is 11.3 Å². The number of carbonyl (C=O) groups is 2. The van der Waals surface area contributed by atoms with Crippen LogP contribution in [0.15, 0.2) is 42.1 Å². The second-order valence-corrected chi connectivity index (χ2v) is 3.66. The molecule has 1 N–H and O–H groups in total. The fraction of sp³-hybridized carbons (Fsp3) is 0.231. The largest absolute Gasteiger partial charge is 1.00 e. The summed E-state index contributed by atoms with van der Waals surface area (Å²) in [5, 5.41) is 13.8. The molecule has 0 aromatic heterocycles. The molecule has 1 unspecified atom stereocenters. The average molecular weight is 287 g/mol. The standard InChI is InChI=1S/C13H15NO4.K/c1-9(8-11(15)18-2)14-12(13(16)17)10-6-4-3-5-7-10;/h3-8,12,14H,1-2H3,(H,16,17);/q;+1/p-1. The number of hydrogen-bond donors (Lipinski definition) is 1. The van der Waals surface area contributed by atoms with E-state index in [1.54, 1.807) is 37.3 Å². The molecule has 0 saturated heterocycles. The van der Waals surface area contributed by atoms with Crippen LogP contribution in [0.2, 0.25) is 0 Å². The Labute approximate surface area is 154 Å². The van der Waals surface area contributed by atoms with Crippen LogP contribution in [0, 0.1) is 0 Å². The van der Waals surface area contributed by atoms with E-state index in [1.165, 1.54) is 13.2 Å². The van der Waals surface area contributed by atoms with Crippen LogP contribution in [-0.2, 0) is 14.3 Å². The van der Waals surface area contributed by atoms with Crippen LogP contribution < -0.4 is 61.8 Å². The molecule has 0 heterocycles. The van der Waals surface area contributed by atoms with Gasteiger partial charge >= 0.3 is 57.4 Å². The van der Waals surface area contributed by atoms with Crippen molar-refractivity contribution in [2.75, 3.05) is 7.11 Å². The van der Waals surface area contributed by atoms with E-state index in [9.17, 15) is 14.7 Å². The van der Waals surface area contributed by atoms with Crippen LogP contribution in [0.4, 0.5) is 0 Å². The molecule has 5 nitrogen and oxygen atoms in total. The van der Waals surface area contributed by atoms with Crippen LogP contribution in [0.5, 0.6) is 0 Å². The van der Waals surface area contributed by atoms with E-state index in [0.717, 1.165) is 0 Å². The molecular formula is C13H14KNO4. The zero-order chi connectivity index (χ0) is 13.5. The zero-order valence-corrected chi connectivity index (χ0v) is 14.3. The van der Waals surface area contributed by atoms with Crippen molar-refractivity contribution in [2.24, 2.45) is 0 Å². The molecule has 0 spiro atoms. The van der Waals surface area contributed by atoms with Crippen molar-refractivity contribution in [1.29, 1.82) is 0 Å². The molecule has 19 heavy (non-hydrogen) atoms. The first-order valence-electron chi connectivity index (χ1n) is 5.33. The third-order valence-electron chi connectivity index (χ3n) is 2.28. The minimum absolute atomic E-state index is 0. The summed E-state index contributed by atoms with van der Waals surface area (Å²) in [6.07, 6.45) is 1.18. The molecule has 0 saturated carbocycles. The van der Waals surface area contributed by atoms with Crippen molar-refractivity contribution >= 4 is 11.9 Å². The number of allylic oxidation sites excluding steroid dienone is 1. The first kappa shape index (κ1) is 18.3. The molecule has 1 aromatic rings. The number of benzene rings is 1. The summed E-state index contributed by atoms with van der Waals surface area (Å²) < 4.78 is 4.45. The first-order valence-corrected chi connectivity index (χ1v) is 5.33. The number of aliphatic carboxylic acids is 1. The minimum atomic E-state index is -1.26. The predicted octanol–water partition coefficient (Wildman–Crippen LogP) is -2.85. The quantitative estimate of drug-likeness (QED) is 0.358. The van der Waals surface area contributed by atoms with Crippen molar-refractivity contribution in [2.45, 2.75) is 13.0 Å². The van der Waals surface area contributed by atoms with Gasteiger partial charge in [0.05, 0.1) is 19.1 Å². The summed E-state index contributed by atoms with van der Waals surface area (Å²) in [6, 6.07) is 7.57. The first-order chi connectivity index (χ1) is 8.54. The molecule has 0 amide bonds. The Kier molecular flexibility index (Phi) is 8.95. The van der Waals surface area contributed by atoms with Gasteiger partial charge in [0.25, 0.3) is 0 Å². The van der Waals surface area contributed by atoms with Gasteiger partial charge in [0, 0.05) is 11.8 Å². The molecule has 96 valence electrons. The van der Waals surface area contributed by atoms with E-state index in [1.807, 2.05) is 0 Å². The maximum Gasteiger partial charge on any atom is 1.00 e. The number of nitrogens with one attached hydrogen (secondary N) is 1. The molecule has 1 atom stereocenters. The number of esters is 1. The van der Waals surface area contributed by atoms with Crippen molar-refractivity contribution in [3.05, 3.63) is 47.7 Å². The van der Waals surface area contributed by atoms with E-state index in [-0.39, 0.29) is 51.4 Å². The number of rotatable bonds is 5. The number of carboxylic acid groups (broad SMARTS) is 1. The summed E-state index contributed by atoms with van der Waals surface area (Å²) in [5.74, 6) is -1.82. The van der Waals surface area contributed by atoms with Crippen LogP contribution in [-0.4, -0.2) is 19.0 Å². The van der Waals surface area contributed by atoms with Crippen molar-refractivity contribution in [1.82, 2.24) is 5.32 Å². The van der Waals surface area contributed by atoms with Gasteiger partial charge in [0.15, 0.2) is 0 Å². The summed E-state index contributed by atoms with van der Waals surface area (Å²) in [4.78, 5) is 22.1. The molecule has 6 heteroatoms. The Morgan fingerprint density at radius 2 is 1.89 bits per heavy atom. The second kappa shape index (κ2) is 9.27. The van der Waals surface area contributed by atoms with E-state index in [4.69, 9.17) is 0 Å². The Hall–Kier alpha value is -0.664. The van der Waals surface area contributed by atoms with Gasteiger partial charge < -0.3 is 20.0 Å². The predicted molar refractivity (Wildman–Crippen MR) is 63.1 cm³/mol. The van der Waals surface area contributed by atoms with Gasteiger partial charge in [-0.3, -0.25) is 0 Å². The zero-order valence-electron chi connectivity index (χ0n) is 11.2. The van der Waals surface area contributed by atoms with Crippen molar-refractivity contribution in [3.8, 4) is 0 Å². The van der Waals surface area contributed by atoms with Crippen molar-refractivity contribution in [3.63, 3.8) is 0 Å². The molecule has 0 aliphatic carbocycles. The Morgan fingerprint density at radius 1 is 1.32 bits per heavy atom. The maximum absolute atomic E-state index is 11.1. The van der Waals surface area contributed by atoms with Crippen LogP contribution in [0.1, 0.15) is 18.5 Å². The van der Waals surface area contributed by atoms with E-state index >= 15 is 0 Å². The Bertz CT molecular complexity index is 459. The van der Waals surface area contributed by atoms with E-state index < -0.39 is 18.0 Å². The average Bonchev–Trinajstić information content (AvgIpc) is 2.36. The summed E-state index contributed by atoms with van der Waals surface area (Å²) in [7, 11) is 1.25. The molecular weight excluding hydrogens is 273 g/mol. The van der Waals surface area contributed by atoms with Gasteiger partial charge in [0.1, 0.15) is 0 Å².